The largest absolute Gasteiger partial charge is 0.493 e. The Bertz CT molecular complexity index is 732. The molecule has 1 aromatic carbocycles. The lowest BCUT2D eigenvalue weighted by atomic mass is 10.2. The molecule has 0 bridgehead atoms. The first-order valence-corrected chi connectivity index (χ1v) is 9.35. The van der Waals surface area contributed by atoms with Crippen LogP contribution in [0, 0.1) is 0 Å². The number of para-hydroxylation sites is 1. The average molecular weight is 391 g/mol. The summed E-state index contributed by atoms with van der Waals surface area (Å²) < 4.78 is 23.2. The van der Waals surface area contributed by atoms with Crippen LogP contribution in [0.15, 0.2) is 30.6 Å². The number of carbonyl (C=O) groups is 1. The maximum atomic E-state index is 11.9. The number of nitrogens with one attached hydrogen (secondary N) is 1. The van der Waals surface area contributed by atoms with Crippen molar-refractivity contribution in [2.24, 2.45) is 0 Å². The number of anilines is 1. The van der Waals surface area contributed by atoms with Gasteiger partial charge in [0.05, 0.1) is 45.9 Å². The Kier molecular flexibility index (Phi) is 9.30. The minimum atomic E-state index is -0.230. The molecule has 1 heterocycles. The molecule has 0 aliphatic rings. The number of rotatable bonds is 13. The molecule has 8 nitrogen and oxygen atoms in total. The van der Waals surface area contributed by atoms with Crippen molar-refractivity contribution in [3.05, 3.63) is 36.2 Å². The lowest BCUT2D eigenvalue weighted by molar-refractivity contribution is -0.121. The monoisotopic (exact) mass is 391 g/mol. The van der Waals surface area contributed by atoms with E-state index >= 15 is 0 Å². The topological polar surface area (TPSA) is 83.8 Å². The van der Waals surface area contributed by atoms with E-state index in [9.17, 15) is 4.79 Å². The van der Waals surface area contributed by atoms with E-state index in [-0.39, 0.29) is 12.5 Å². The van der Waals surface area contributed by atoms with Gasteiger partial charge in [-0.2, -0.15) is 5.10 Å². The summed E-state index contributed by atoms with van der Waals surface area (Å²) in [7, 11) is 3.20. The fraction of sp³-hybridized carbons (Fsp3) is 0.500. The minimum Gasteiger partial charge on any atom is -0.493 e. The van der Waals surface area contributed by atoms with Crippen LogP contribution in [0.2, 0.25) is 0 Å². The Hall–Kier alpha value is -2.58. The molecule has 0 saturated carbocycles. The summed E-state index contributed by atoms with van der Waals surface area (Å²) >= 11 is 0. The Morgan fingerprint density at radius 3 is 2.71 bits per heavy atom. The molecule has 154 valence electrons. The molecule has 8 heteroatoms. The van der Waals surface area contributed by atoms with Crippen molar-refractivity contribution in [1.29, 1.82) is 0 Å². The van der Waals surface area contributed by atoms with Crippen molar-refractivity contribution in [3.63, 3.8) is 0 Å². The minimum absolute atomic E-state index is 0.0218. The highest BCUT2D eigenvalue weighted by Crippen LogP contribution is 2.31. The molecule has 2 aromatic rings. The summed E-state index contributed by atoms with van der Waals surface area (Å²) in [4.78, 5) is 11.9. The number of ether oxygens (including phenoxy) is 4. The highest BCUT2D eigenvalue weighted by atomic mass is 16.5. The predicted octanol–water partition coefficient (Wildman–Crippen LogP) is 2.72. The van der Waals surface area contributed by atoms with Gasteiger partial charge >= 0.3 is 0 Å². The van der Waals surface area contributed by atoms with Gasteiger partial charge < -0.3 is 24.3 Å². The summed E-state index contributed by atoms with van der Waals surface area (Å²) in [6, 6.07) is 5.68. The van der Waals surface area contributed by atoms with Crippen LogP contribution in [0.4, 0.5) is 5.69 Å². The zero-order valence-corrected chi connectivity index (χ0v) is 16.8. The van der Waals surface area contributed by atoms with Crippen molar-refractivity contribution in [1.82, 2.24) is 9.78 Å². The number of unbranched alkanes of at least 4 members (excludes halogenated alkanes) is 1. The Labute approximate surface area is 165 Å². The molecule has 1 aromatic heterocycles. The van der Waals surface area contributed by atoms with Gasteiger partial charge in [0, 0.05) is 18.4 Å². The average Bonchev–Trinajstić information content (AvgIpc) is 3.13. The second-order valence-electron chi connectivity index (χ2n) is 6.15. The summed E-state index contributed by atoms with van der Waals surface area (Å²) in [5.74, 6) is 1.10. The lowest BCUT2D eigenvalue weighted by Crippen LogP contribution is -2.19. The molecule has 1 amide bonds. The maximum Gasteiger partial charge on any atom is 0.250 e. The highest BCUT2D eigenvalue weighted by Gasteiger charge is 2.11. The molecule has 0 saturated heterocycles. The standard InChI is InChI=1S/C20H29N3O5/c1-4-5-9-27-10-11-28-15-19(24)22-17-12-21-23(14-17)13-16-7-6-8-18(25-2)20(16)26-3/h6-8,12,14H,4-5,9-11,13,15H2,1-3H3,(H,22,24). The van der Waals surface area contributed by atoms with E-state index in [4.69, 9.17) is 18.9 Å². The van der Waals surface area contributed by atoms with Crippen LogP contribution in [0.3, 0.4) is 0 Å². The summed E-state index contributed by atoms with van der Waals surface area (Å²) in [6.45, 7) is 4.19. The van der Waals surface area contributed by atoms with Crippen LogP contribution < -0.4 is 14.8 Å². The van der Waals surface area contributed by atoms with Crippen molar-refractivity contribution in [2.45, 2.75) is 26.3 Å². The molecule has 0 aliphatic heterocycles. The number of benzene rings is 1. The molecule has 0 atom stereocenters. The Morgan fingerprint density at radius 2 is 1.96 bits per heavy atom. The van der Waals surface area contributed by atoms with Crippen molar-refractivity contribution >= 4 is 11.6 Å². The van der Waals surface area contributed by atoms with Gasteiger partial charge in [0.1, 0.15) is 6.61 Å². The number of hydrogen-bond donors (Lipinski definition) is 1. The molecule has 28 heavy (non-hydrogen) atoms. The van der Waals surface area contributed by atoms with E-state index in [1.54, 1.807) is 31.3 Å². The molecule has 0 aliphatic carbocycles. The number of carbonyl (C=O) groups excluding carboxylic acids is 1. The van der Waals surface area contributed by atoms with Gasteiger partial charge in [0.2, 0.25) is 5.91 Å². The second-order valence-corrected chi connectivity index (χ2v) is 6.15. The van der Waals surface area contributed by atoms with Crippen LogP contribution >= 0.6 is 0 Å². The van der Waals surface area contributed by atoms with Gasteiger partial charge in [-0.15, -0.1) is 0 Å². The summed E-state index contributed by atoms with van der Waals surface area (Å²) in [5.41, 5.74) is 1.53. The van der Waals surface area contributed by atoms with E-state index in [2.05, 4.69) is 17.3 Å². The zero-order chi connectivity index (χ0) is 20.2. The molecular formula is C20H29N3O5. The van der Waals surface area contributed by atoms with Gasteiger partial charge in [-0.3, -0.25) is 9.48 Å². The molecular weight excluding hydrogens is 362 g/mol. The molecule has 0 fully saturated rings. The second kappa shape index (κ2) is 12.0. The molecule has 0 unspecified atom stereocenters. The van der Waals surface area contributed by atoms with Gasteiger partial charge in [0.25, 0.3) is 0 Å². The van der Waals surface area contributed by atoms with Gasteiger partial charge in [-0.25, -0.2) is 0 Å². The van der Waals surface area contributed by atoms with Crippen LogP contribution in [0.25, 0.3) is 0 Å². The van der Waals surface area contributed by atoms with E-state index in [0.29, 0.717) is 36.9 Å². The number of aromatic nitrogens is 2. The third-order valence-electron chi connectivity index (χ3n) is 3.98. The number of amides is 1. The molecule has 2 rings (SSSR count). The number of nitrogens with zero attached hydrogens (tertiary/aromatic N) is 2. The Balaban J connectivity index is 1.79. The smallest absolute Gasteiger partial charge is 0.250 e. The summed E-state index contributed by atoms with van der Waals surface area (Å²) in [5, 5.41) is 7.04. The fourth-order valence-electron chi connectivity index (χ4n) is 2.60. The van der Waals surface area contributed by atoms with E-state index in [0.717, 1.165) is 25.0 Å². The first-order valence-electron chi connectivity index (χ1n) is 9.35. The first-order chi connectivity index (χ1) is 13.7. The van der Waals surface area contributed by atoms with Crippen LogP contribution in [0.5, 0.6) is 11.5 Å². The lowest BCUT2D eigenvalue weighted by Gasteiger charge is -2.12. The normalized spacial score (nSPS) is 10.7. The van der Waals surface area contributed by atoms with Crippen LogP contribution in [-0.4, -0.2) is 56.3 Å². The number of hydrogen-bond acceptors (Lipinski definition) is 6. The van der Waals surface area contributed by atoms with Gasteiger partial charge in [-0.05, 0) is 12.5 Å². The van der Waals surface area contributed by atoms with Gasteiger partial charge in [-0.1, -0.05) is 25.5 Å². The fourth-order valence-corrected chi connectivity index (χ4v) is 2.60. The Morgan fingerprint density at radius 1 is 1.14 bits per heavy atom. The van der Waals surface area contributed by atoms with E-state index in [1.165, 1.54) is 0 Å². The summed E-state index contributed by atoms with van der Waals surface area (Å²) in [6.07, 6.45) is 5.48. The highest BCUT2D eigenvalue weighted by molar-refractivity contribution is 5.91. The van der Waals surface area contributed by atoms with Crippen LogP contribution in [-0.2, 0) is 20.8 Å². The van der Waals surface area contributed by atoms with Crippen molar-refractivity contribution in [2.75, 3.05) is 46.0 Å². The molecule has 1 N–H and O–H groups in total. The predicted molar refractivity (Wildman–Crippen MR) is 106 cm³/mol. The van der Waals surface area contributed by atoms with E-state index < -0.39 is 0 Å². The zero-order valence-electron chi connectivity index (χ0n) is 16.8. The van der Waals surface area contributed by atoms with E-state index in [1.807, 2.05) is 18.2 Å². The molecule has 0 spiro atoms. The number of methoxy groups -OCH3 is 2. The maximum absolute atomic E-state index is 11.9. The van der Waals surface area contributed by atoms with Gasteiger partial charge in [0.15, 0.2) is 11.5 Å². The first kappa shape index (κ1) is 21.7. The molecule has 0 radical (unpaired) electrons. The van der Waals surface area contributed by atoms with Crippen LogP contribution in [0.1, 0.15) is 25.3 Å². The van der Waals surface area contributed by atoms with Crippen molar-refractivity contribution in [3.8, 4) is 11.5 Å². The SMILES string of the molecule is CCCCOCCOCC(=O)Nc1cnn(Cc2cccc(OC)c2OC)c1. The quantitative estimate of drug-likeness (QED) is 0.529. The third-order valence-corrected chi connectivity index (χ3v) is 3.98. The van der Waals surface area contributed by atoms with Crippen molar-refractivity contribution < 1.29 is 23.7 Å². The third kappa shape index (κ3) is 6.86.